The Labute approximate surface area is 165 Å². The Hall–Kier alpha value is -2.13. The number of anilines is 1. The van der Waals surface area contributed by atoms with Crippen molar-refractivity contribution in [1.82, 2.24) is 14.3 Å². The van der Waals surface area contributed by atoms with Crippen LogP contribution in [0.15, 0.2) is 29.4 Å². The number of rotatable bonds is 5. The Bertz CT molecular complexity index is 896. The van der Waals surface area contributed by atoms with E-state index in [1.807, 2.05) is 6.20 Å². The number of amides is 1. The lowest BCUT2D eigenvalue weighted by Crippen LogP contribution is -2.30. The molecule has 28 heavy (non-hydrogen) atoms. The number of carbonyl (C=O) groups excluding carboxylic acids is 1. The molecule has 0 fully saturated rings. The van der Waals surface area contributed by atoms with E-state index in [1.165, 1.54) is 18.3 Å². The lowest BCUT2D eigenvalue weighted by atomic mass is 9.98. The maximum Gasteiger partial charge on any atom is 0.280 e. The number of aromatic nitrogens is 2. The summed E-state index contributed by atoms with van der Waals surface area (Å²) in [4.78, 5) is 17.3. The minimum Gasteiger partial charge on any atom is -0.345 e. The van der Waals surface area contributed by atoms with Gasteiger partial charge < -0.3 is 9.88 Å². The molecule has 2 aromatic heterocycles. The maximum absolute atomic E-state index is 12.9. The monoisotopic (exact) mass is 409 g/mol. The van der Waals surface area contributed by atoms with Crippen LogP contribution in [0, 0.1) is 10.7 Å². The summed E-state index contributed by atoms with van der Waals surface area (Å²) in [6, 6.07) is 2.91. The third kappa shape index (κ3) is 4.47. The van der Waals surface area contributed by atoms with Crippen LogP contribution < -0.4 is 10.0 Å². The first-order valence-corrected chi connectivity index (χ1v) is 10.4. The molecule has 9 heteroatoms. The average molecular weight is 410 g/mol. The van der Waals surface area contributed by atoms with Gasteiger partial charge in [-0.05, 0) is 53.8 Å². The molecule has 0 radical (unpaired) electrons. The highest BCUT2D eigenvalue weighted by Crippen LogP contribution is 2.28. The molecule has 0 bridgehead atoms. The summed E-state index contributed by atoms with van der Waals surface area (Å²) in [6.07, 6.45) is 2.91. The molecule has 152 valence electrons. The number of carbonyl (C=O) groups is 1. The first-order chi connectivity index (χ1) is 13.3. The van der Waals surface area contributed by atoms with Crippen LogP contribution in [-0.2, 0) is 24.3 Å². The first kappa shape index (κ1) is 20.6. The Morgan fingerprint density at radius 1 is 1.50 bits per heavy atom. The van der Waals surface area contributed by atoms with Crippen molar-refractivity contribution in [3.63, 3.8) is 0 Å². The predicted molar refractivity (Wildman–Crippen MR) is 106 cm³/mol. The number of pyridine rings is 1. The van der Waals surface area contributed by atoms with Crippen molar-refractivity contribution in [2.45, 2.75) is 50.5 Å². The SMILES string of the molecule is CC(C)CC1CCc2c(cn(C)c2C(=O)Nc2ccnc(C(F)F)c2)S(=N)N1. The summed E-state index contributed by atoms with van der Waals surface area (Å²) >= 11 is 0. The third-order valence-corrected chi connectivity index (χ3v) is 6.09. The van der Waals surface area contributed by atoms with E-state index in [0.29, 0.717) is 18.0 Å². The van der Waals surface area contributed by atoms with Crippen LogP contribution in [0.1, 0.15) is 54.9 Å². The lowest BCUT2D eigenvalue weighted by Gasteiger charge is -2.18. The van der Waals surface area contributed by atoms with Crippen LogP contribution in [0.25, 0.3) is 0 Å². The molecule has 6 nitrogen and oxygen atoms in total. The Kier molecular flexibility index (Phi) is 6.24. The minimum atomic E-state index is -2.70. The number of fused-ring (bicyclic) bond motifs is 1. The molecule has 2 atom stereocenters. The van der Waals surface area contributed by atoms with E-state index in [0.717, 1.165) is 23.3 Å². The molecule has 0 aromatic carbocycles. The van der Waals surface area contributed by atoms with Gasteiger partial charge in [-0.1, -0.05) is 13.8 Å². The molecule has 3 heterocycles. The normalized spacial score (nSPS) is 19.5. The number of alkyl halides is 2. The van der Waals surface area contributed by atoms with E-state index in [1.54, 1.807) is 11.6 Å². The lowest BCUT2D eigenvalue weighted by molar-refractivity contribution is 0.101. The van der Waals surface area contributed by atoms with Crippen LogP contribution in [-0.4, -0.2) is 21.5 Å². The average Bonchev–Trinajstić information content (AvgIpc) is 2.88. The zero-order valence-corrected chi connectivity index (χ0v) is 16.9. The van der Waals surface area contributed by atoms with Gasteiger partial charge in [-0.3, -0.25) is 14.6 Å². The zero-order valence-electron chi connectivity index (χ0n) is 16.1. The molecule has 0 spiro atoms. The topological polar surface area (TPSA) is 82.8 Å². The Balaban J connectivity index is 1.85. The van der Waals surface area contributed by atoms with Gasteiger partial charge in [0.15, 0.2) is 0 Å². The summed E-state index contributed by atoms with van der Waals surface area (Å²) in [5, 5.41) is 2.70. The molecule has 0 aliphatic carbocycles. The van der Waals surface area contributed by atoms with Gasteiger partial charge >= 0.3 is 0 Å². The Morgan fingerprint density at radius 2 is 2.25 bits per heavy atom. The summed E-state index contributed by atoms with van der Waals surface area (Å²) in [6.45, 7) is 4.31. The van der Waals surface area contributed by atoms with E-state index in [9.17, 15) is 13.6 Å². The maximum atomic E-state index is 12.9. The fourth-order valence-electron chi connectivity index (χ4n) is 3.54. The highest BCUT2D eigenvalue weighted by molar-refractivity contribution is 7.84. The van der Waals surface area contributed by atoms with Gasteiger partial charge in [0.25, 0.3) is 12.3 Å². The van der Waals surface area contributed by atoms with Crippen LogP contribution >= 0.6 is 0 Å². The zero-order chi connectivity index (χ0) is 20.4. The number of nitrogens with zero attached hydrogens (tertiary/aromatic N) is 2. The van der Waals surface area contributed by atoms with Gasteiger partial charge in [0, 0.05) is 31.2 Å². The number of halogens is 2. The van der Waals surface area contributed by atoms with Gasteiger partial charge in [0.1, 0.15) is 11.4 Å². The number of nitrogens with one attached hydrogen (secondary N) is 3. The summed E-state index contributed by atoms with van der Waals surface area (Å²) in [7, 11) is 0.866. The van der Waals surface area contributed by atoms with Crippen molar-refractivity contribution in [3.8, 4) is 0 Å². The second-order valence-corrected chi connectivity index (χ2v) is 8.73. The molecule has 0 saturated carbocycles. The van der Waals surface area contributed by atoms with Crippen molar-refractivity contribution >= 4 is 22.5 Å². The van der Waals surface area contributed by atoms with E-state index in [4.69, 9.17) is 4.78 Å². The first-order valence-electron chi connectivity index (χ1n) is 9.21. The fourth-order valence-corrected chi connectivity index (χ4v) is 4.92. The molecular formula is C19H25F2N5OS. The number of hydrogen-bond donors (Lipinski definition) is 3. The van der Waals surface area contributed by atoms with E-state index < -0.39 is 17.3 Å². The Morgan fingerprint density at radius 3 is 2.93 bits per heavy atom. The molecular weight excluding hydrogens is 384 g/mol. The standard InChI is InChI=1S/C19H25F2N5OS/c1-11(2)8-13-4-5-14-16(28(22)25-13)10-26(3)17(14)19(27)24-12-6-7-23-15(9-12)18(20)21/h6-7,9-11,13,18H,4-5,8H2,1-3H3,(H2,22,25)(H,23,24,27). The van der Waals surface area contributed by atoms with Crippen molar-refractivity contribution in [3.05, 3.63) is 41.5 Å². The molecule has 1 aliphatic heterocycles. The fraction of sp³-hybridized carbons (Fsp3) is 0.474. The minimum absolute atomic E-state index is 0.239. The molecule has 0 saturated heterocycles. The van der Waals surface area contributed by atoms with Gasteiger partial charge in [0.2, 0.25) is 0 Å². The molecule has 1 amide bonds. The van der Waals surface area contributed by atoms with E-state index in [-0.39, 0.29) is 23.3 Å². The van der Waals surface area contributed by atoms with Crippen LogP contribution in [0.5, 0.6) is 0 Å². The van der Waals surface area contributed by atoms with Crippen LogP contribution in [0.3, 0.4) is 0 Å². The summed E-state index contributed by atoms with van der Waals surface area (Å²) in [5.41, 5.74) is 1.24. The molecule has 1 aliphatic rings. The number of hydrogen-bond acceptors (Lipinski definition) is 3. The van der Waals surface area contributed by atoms with E-state index in [2.05, 4.69) is 28.9 Å². The quantitative estimate of drug-likeness (QED) is 0.692. The molecule has 2 unspecified atom stereocenters. The van der Waals surface area contributed by atoms with E-state index >= 15 is 0 Å². The molecule has 3 rings (SSSR count). The van der Waals surface area contributed by atoms with Crippen LogP contribution in [0.2, 0.25) is 0 Å². The van der Waals surface area contributed by atoms with Gasteiger partial charge in [0.05, 0.1) is 4.90 Å². The van der Waals surface area contributed by atoms with Gasteiger partial charge in [-0.25, -0.2) is 13.5 Å². The molecule has 3 N–H and O–H groups in total. The highest BCUT2D eigenvalue weighted by Gasteiger charge is 2.27. The second kappa shape index (κ2) is 8.48. The molecule has 2 aromatic rings. The van der Waals surface area contributed by atoms with Crippen molar-refractivity contribution < 1.29 is 13.6 Å². The highest BCUT2D eigenvalue weighted by atomic mass is 32.2. The summed E-state index contributed by atoms with van der Waals surface area (Å²) in [5.74, 6) is 0.158. The second-order valence-electron chi connectivity index (χ2n) is 7.44. The van der Waals surface area contributed by atoms with Gasteiger partial charge in [-0.15, -0.1) is 0 Å². The smallest absolute Gasteiger partial charge is 0.280 e. The predicted octanol–water partition coefficient (Wildman–Crippen LogP) is 4.22. The summed E-state index contributed by atoms with van der Waals surface area (Å²) < 4.78 is 39.3. The van der Waals surface area contributed by atoms with Crippen molar-refractivity contribution in [2.24, 2.45) is 13.0 Å². The van der Waals surface area contributed by atoms with Gasteiger partial charge in [-0.2, -0.15) is 0 Å². The van der Waals surface area contributed by atoms with Crippen molar-refractivity contribution in [1.29, 1.82) is 4.78 Å². The van der Waals surface area contributed by atoms with Crippen molar-refractivity contribution in [2.75, 3.05) is 5.32 Å². The largest absolute Gasteiger partial charge is 0.345 e. The van der Waals surface area contributed by atoms with Crippen LogP contribution in [0.4, 0.5) is 14.5 Å². The number of aryl methyl sites for hydroxylation is 1. The third-order valence-electron chi connectivity index (χ3n) is 4.73.